The van der Waals surface area contributed by atoms with Crippen LogP contribution in [0, 0.1) is 0 Å². The number of aromatic nitrogens is 3. The first-order valence-corrected chi connectivity index (χ1v) is 9.37. The normalized spacial score (nSPS) is 11.2. The molecule has 2 heterocycles. The number of nitrogens with one attached hydrogen (secondary N) is 1. The Kier molecular flexibility index (Phi) is 5.60. The molecule has 27 heavy (non-hydrogen) atoms. The number of rotatable bonds is 6. The van der Waals surface area contributed by atoms with Gasteiger partial charge in [0.25, 0.3) is 11.5 Å². The Balaban J connectivity index is 1.79. The molecule has 0 fully saturated rings. The minimum atomic E-state index is -0.480. The molecule has 0 atom stereocenters. The number of carbonyl (C=O) groups excluding carboxylic acids is 1. The third-order valence-electron chi connectivity index (χ3n) is 4.07. The Labute approximate surface area is 160 Å². The van der Waals surface area contributed by atoms with E-state index in [9.17, 15) is 9.59 Å². The number of aryl methyl sites for hydroxylation is 1. The fourth-order valence-corrected chi connectivity index (χ4v) is 3.57. The highest BCUT2D eigenvalue weighted by molar-refractivity contribution is 7.17. The Bertz CT molecular complexity index is 1050. The molecule has 8 nitrogen and oxygen atoms in total. The molecule has 1 N–H and O–H groups in total. The van der Waals surface area contributed by atoms with Gasteiger partial charge in [0, 0.05) is 31.7 Å². The summed E-state index contributed by atoms with van der Waals surface area (Å²) < 4.78 is 1.15. The molecule has 3 aromatic rings. The fraction of sp³-hybridized carbons (Fsp3) is 0.278. The summed E-state index contributed by atoms with van der Waals surface area (Å²) in [5, 5.41) is 9.93. The number of benzene rings is 1. The molecule has 0 aliphatic carbocycles. The third kappa shape index (κ3) is 3.87. The van der Waals surface area contributed by atoms with Crippen LogP contribution >= 0.6 is 11.3 Å². The molecule has 0 bridgehead atoms. The molecule has 0 radical (unpaired) electrons. The van der Waals surface area contributed by atoms with Gasteiger partial charge in [-0.15, -0.1) is 0 Å². The van der Waals surface area contributed by atoms with E-state index in [0.29, 0.717) is 10.8 Å². The van der Waals surface area contributed by atoms with E-state index in [1.54, 1.807) is 36.7 Å². The number of thiazole rings is 1. The molecule has 0 spiro atoms. The van der Waals surface area contributed by atoms with Crippen molar-refractivity contribution in [2.45, 2.75) is 13.8 Å². The van der Waals surface area contributed by atoms with Crippen LogP contribution in [0.1, 0.15) is 29.2 Å². The number of hydrazone groups is 1. The molecule has 140 valence electrons. The van der Waals surface area contributed by atoms with Crippen molar-refractivity contribution in [1.82, 2.24) is 20.2 Å². The summed E-state index contributed by atoms with van der Waals surface area (Å²) in [6, 6.07) is 6.88. The lowest BCUT2D eigenvalue weighted by Crippen LogP contribution is -2.27. The smallest absolute Gasteiger partial charge is 0.292 e. The van der Waals surface area contributed by atoms with E-state index in [0.717, 1.165) is 27.8 Å². The monoisotopic (exact) mass is 384 g/mol. The number of fused-ring (bicyclic) bond motifs is 1. The predicted molar refractivity (Wildman–Crippen MR) is 108 cm³/mol. The first-order chi connectivity index (χ1) is 13.0. The van der Waals surface area contributed by atoms with Gasteiger partial charge in [-0.1, -0.05) is 29.5 Å². The van der Waals surface area contributed by atoms with E-state index in [1.807, 2.05) is 0 Å². The van der Waals surface area contributed by atoms with Crippen LogP contribution in [-0.2, 0) is 7.05 Å². The predicted octanol–water partition coefficient (Wildman–Crippen LogP) is 2.00. The number of amides is 1. The molecule has 0 aliphatic heterocycles. The van der Waals surface area contributed by atoms with E-state index in [2.05, 4.69) is 39.4 Å². The molecule has 1 amide bonds. The fourth-order valence-electron chi connectivity index (χ4n) is 2.65. The van der Waals surface area contributed by atoms with Crippen molar-refractivity contribution in [3.63, 3.8) is 0 Å². The number of nitrogens with zero attached hydrogens (tertiary/aromatic N) is 5. The van der Waals surface area contributed by atoms with Gasteiger partial charge < -0.3 is 4.90 Å². The van der Waals surface area contributed by atoms with Crippen LogP contribution in [-0.4, -0.2) is 40.0 Å². The highest BCUT2D eigenvalue weighted by atomic mass is 32.1. The van der Waals surface area contributed by atoms with Gasteiger partial charge in [-0.3, -0.25) is 9.59 Å². The maximum atomic E-state index is 12.5. The van der Waals surface area contributed by atoms with Crippen LogP contribution < -0.4 is 15.9 Å². The largest absolute Gasteiger partial charge is 0.349 e. The molecule has 9 heteroatoms. The molecule has 0 saturated carbocycles. The van der Waals surface area contributed by atoms with Gasteiger partial charge in [-0.2, -0.15) is 10.2 Å². The zero-order valence-electron chi connectivity index (χ0n) is 15.3. The van der Waals surface area contributed by atoms with Gasteiger partial charge in [-0.25, -0.2) is 15.1 Å². The van der Waals surface area contributed by atoms with Gasteiger partial charge in [0.1, 0.15) is 0 Å². The van der Waals surface area contributed by atoms with Crippen LogP contribution in [0.4, 0.5) is 5.13 Å². The van der Waals surface area contributed by atoms with Gasteiger partial charge in [0.05, 0.1) is 16.5 Å². The van der Waals surface area contributed by atoms with Gasteiger partial charge in [0.2, 0.25) is 0 Å². The Hall–Kier alpha value is -3.07. The summed E-state index contributed by atoms with van der Waals surface area (Å²) in [6.07, 6.45) is 3.26. The number of anilines is 1. The first-order valence-electron chi connectivity index (χ1n) is 8.55. The summed E-state index contributed by atoms with van der Waals surface area (Å²) in [7, 11) is 1.51. The number of hydrogen-bond donors (Lipinski definition) is 1. The van der Waals surface area contributed by atoms with Crippen LogP contribution in [0.5, 0.6) is 0 Å². The van der Waals surface area contributed by atoms with E-state index in [4.69, 9.17) is 0 Å². The Morgan fingerprint density at radius 3 is 2.70 bits per heavy atom. The van der Waals surface area contributed by atoms with Crippen LogP contribution in [0.25, 0.3) is 10.8 Å². The maximum absolute atomic E-state index is 12.5. The van der Waals surface area contributed by atoms with Gasteiger partial charge in [-0.05, 0) is 19.9 Å². The van der Waals surface area contributed by atoms with Crippen molar-refractivity contribution in [1.29, 1.82) is 0 Å². The highest BCUT2D eigenvalue weighted by Gasteiger charge is 2.15. The second-order valence-electron chi connectivity index (χ2n) is 5.74. The SMILES string of the molecule is CCN(CC)c1ncc(/C=N\NC(=O)c2nn(C)c(=O)c3ccccc23)s1. The summed E-state index contributed by atoms with van der Waals surface area (Å²) in [5.41, 5.74) is 2.37. The van der Waals surface area contributed by atoms with Crippen LogP contribution in [0.15, 0.2) is 40.4 Å². The topological polar surface area (TPSA) is 92.5 Å². The lowest BCUT2D eigenvalue weighted by Gasteiger charge is -2.16. The van der Waals surface area contributed by atoms with Gasteiger partial charge >= 0.3 is 0 Å². The number of hydrogen-bond acceptors (Lipinski definition) is 7. The van der Waals surface area contributed by atoms with Crippen molar-refractivity contribution >= 4 is 39.4 Å². The van der Waals surface area contributed by atoms with E-state index in [-0.39, 0.29) is 11.3 Å². The van der Waals surface area contributed by atoms with E-state index >= 15 is 0 Å². The van der Waals surface area contributed by atoms with Crippen LogP contribution in [0.2, 0.25) is 0 Å². The standard InChI is InChI=1S/C18H20N6O2S/c1-4-24(5-2)18-19-10-12(27-18)11-20-21-16(25)15-13-8-6-7-9-14(13)17(26)23(3)22-15/h6-11H,4-5H2,1-3H3,(H,21,25)/b20-11-. The quantitative estimate of drug-likeness (QED) is 0.518. The molecule has 1 aromatic carbocycles. The average Bonchev–Trinajstić information content (AvgIpc) is 3.14. The van der Waals surface area contributed by atoms with Crippen molar-refractivity contribution in [2.75, 3.05) is 18.0 Å². The average molecular weight is 384 g/mol. The zero-order chi connectivity index (χ0) is 19.4. The molecule has 0 unspecified atom stereocenters. The van der Waals surface area contributed by atoms with E-state index < -0.39 is 5.91 Å². The number of carbonyl (C=O) groups is 1. The van der Waals surface area contributed by atoms with Crippen molar-refractivity contribution in [2.24, 2.45) is 12.1 Å². The van der Waals surface area contributed by atoms with Crippen molar-refractivity contribution < 1.29 is 4.79 Å². The summed E-state index contributed by atoms with van der Waals surface area (Å²) >= 11 is 1.50. The summed E-state index contributed by atoms with van der Waals surface area (Å²) in [6.45, 7) is 5.90. The Morgan fingerprint density at radius 2 is 2.00 bits per heavy atom. The molecular weight excluding hydrogens is 364 g/mol. The van der Waals surface area contributed by atoms with Gasteiger partial charge in [0.15, 0.2) is 10.8 Å². The molecule has 0 aliphatic rings. The minimum absolute atomic E-state index is 0.151. The second-order valence-corrected chi connectivity index (χ2v) is 6.78. The highest BCUT2D eigenvalue weighted by Crippen LogP contribution is 2.20. The minimum Gasteiger partial charge on any atom is -0.349 e. The molecule has 2 aromatic heterocycles. The Morgan fingerprint density at radius 1 is 1.30 bits per heavy atom. The summed E-state index contributed by atoms with van der Waals surface area (Å²) in [4.78, 5) is 32.0. The van der Waals surface area contributed by atoms with E-state index in [1.165, 1.54) is 18.4 Å². The molecule has 0 saturated heterocycles. The second kappa shape index (κ2) is 8.09. The zero-order valence-corrected chi connectivity index (χ0v) is 16.2. The maximum Gasteiger partial charge on any atom is 0.292 e. The third-order valence-corrected chi connectivity index (χ3v) is 5.07. The van der Waals surface area contributed by atoms with Crippen molar-refractivity contribution in [3.05, 3.63) is 51.4 Å². The summed E-state index contributed by atoms with van der Waals surface area (Å²) in [5.74, 6) is -0.480. The lowest BCUT2D eigenvalue weighted by molar-refractivity contribution is 0.0950. The van der Waals surface area contributed by atoms with Crippen LogP contribution in [0.3, 0.4) is 0 Å². The molecular formula is C18H20N6O2S. The lowest BCUT2D eigenvalue weighted by atomic mass is 10.1. The first kappa shape index (κ1) is 18.7. The molecule has 3 rings (SSSR count). The van der Waals surface area contributed by atoms with Crippen molar-refractivity contribution in [3.8, 4) is 0 Å².